The van der Waals surface area contributed by atoms with Crippen molar-refractivity contribution in [2.75, 3.05) is 38.2 Å². The van der Waals surface area contributed by atoms with Gasteiger partial charge in [-0.05, 0) is 62.9 Å². The number of rotatable bonds is 10. The first kappa shape index (κ1) is 18.9. The van der Waals surface area contributed by atoms with Crippen LogP contribution in [0.2, 0.25) is 0 Å². The van der Waals surface area contributed by atoms with Gasteiger partial charge in [0.1, 0.15) is 0 Å². The number of benzene rings is 1. The maximum atomic E-state index is 12.1. The van der Waals surface area contributed by atoms with E-state index in [9.17, 15) is 4.79 Å². The lowest BCUT2D eigenvalue weighted by molar-refractivity contribution is -0.116. The van der Waals surface area contributed by atoms with E-state index in [0.29, 0.717) is 38.8 Å². The van der Waals surface area contributed by atoms with Crippen molar-refractivity contribution in [3.8, 4) is 0 Å². The van der Waals surface area contributed by atoms with Gasteiger partial charge in [0, 0.05) is 18.7 Å². The molecule has 0 spiro atoms. The van der Waals surface area contributed by atoms with Crippen LogP contribution in [0.5, 0.6) is 0 Å². The highest BCUT2D eigenvalue weighted by atomic mass is 16.5. The topological polar surface area (TPSA) is 59.6 Å². The highest BCUT2D eigenvalue weighted by Gasteiger charge is 2.14. The SMILES string of the molecule is CCOCCOCc1cccc(NC(=O)CCC2CCNCC2)c1. The van der Waals surface area contributed by atoms with E-state index in [0.717, 1.165) is 30.8 Å². The summed E-state index contributed by atoms with van der Waals surface area (Å²) in [6.07, 6.45) is 3.94. The third-order valence-electron chi connectivity index (χ3n) is 4.29. The van der Waals surface area contributed by atoms with Crippen molar-refractivity contribution >= 4 is 11.6 Å². The largest absolute Gasteiger partial charge is 0.379 e. The van der Waals surface area contributed by atoms with Crippen LogP contribution in [0.4, 0.5) is 5.69 Å². The molecule has 0 bridgehead atoms. The fourth-order valence-electron chi connectivity index (χ4n) is 2.92. The van der Waals surface area contributed by atoms with E-state index in [1.54, 1.807) is 0 Å². The molecule has 1 fully saturated rings. The normalized spacial score (nSPS) is 15.4. The minimum Gasteiger partial charge on any atom is -0.379 e. The third-order valence-corrected chi connectivity index (χ3v) is 4.29. The lowest BCUT2D eigenvalue weighted by atomic mass is 9.93. The summed E-state index contributed by atoms with van der Waals surface area (Å²) in [7, 11) is 0. The van der Waals surface area contributed by atoms with Gasteiger partial charge < -0.3 is 20.1 Å². The molecule has 2 rings (SSSR count). The summed E-state index contributed by atoms with van der Waals surface area (Å²) >= 11 is 0. The van der Waals surface area contributed by atoms with Crippen LogP contribution in [0.25, 0.3) is 0 Å². The first-order valence-corrected chi connectivity index (χ1v) is 9.03. The summed E-state index contributed by atoms with van der Waals surface area (Å²) in [6, 6.07) is 7.85. The van der Waals surface area contributed by atoms with Crippen LogP contribution in [0.15, 0.2) is 24.3 Å². The standard InChI is InChI=1S/C19H30N2O3/c1-2-23-12-13-24-15-17-4-3-5-18(14-17)21-19(22)7-6-16-8-10-20-11-9-16/h3-5,14,16,20H,2,6-13,15H2,1H3,(H,21,22). The average Bonchev–Trinajstić information content (AvgIpc) is 2.61. The molecule has 1 saturated heterocycles. The lowest BCUT2D eigenvalue weighted by Crippen LogP contribution is -2.28. The Kier molecular flexibility index (Phi) is 8.81. The van der Waals surface area contributed by atoms with Gasteiger partial charge in [-0.1, -0.05) is 12.1 Å². The highest BCUT2D eigenvalue weighted by molar-refractivity contribution is 5.90. The average molecular weight is 334 g/mol. The smallest absolute Gasteiger partial charge is 0.224 e. The number of hydrogen-bond acceptors (Lipinski definition) is 4. The van der Waals surface area contributed by atoms with Crippen LogP contribution < -0.4 is 10.6 Å². The Morgan fingerprint density at radius 2 is 2.04 bits per heavy atom. The second-order valence-corrected chi connectivity index (χ2v) is 6.23. The summed E-state index contributed by atoms with van der Waals surface area (Å²) in [5.74, 6) is 0.782. The summed E-state index contributed by atoms with van der Waals surface area (Å²) in [6.45, 7) is 6.57. The van der Waals surface area contributed by atoms with Gasteiger partial charge in [0.2, 0.25) is 5.91 Å². The summed E-state index contributed by atoms with van der Waals surface area (Å²) in [5.41, 5.74) is 1.90. The van der Waals surface area contributed by atoms with Gasteiger partial charge in [-0.3, -0.25) is 4.79 Å². The number of piperidine rings is 1. The Morgan fingerprint density at radius 1 is 1.25 bits per heavy atom. The summed E-state index contributed by atoms with van der Waals surface area (Å²) in [5, 5.41) is 6.35. The molecular formula is C19H30N2O3. The number of ether oxygens (including phenoxy) is 2. The van der Waals surface area contributed by atoms with Crippen LogP contribution in [-0.2, 0) is 20.9 Å². The van der Waals surface area contributed by atoms with Crippen molar-refractivity contribution in [2.24, 2.45) is 5.92 Å². The van der Waals surface area contributed by atoms with E-state index in [4.69, 9.17) is 9.47 Å². The lowest BCUT2D eigenvalue weighted by Gasteiger charge is -2.22. The van der Waals surface area contributed by atoms with E-state index in [1.807, 2.05) is 31.2 Å². The van der Waals surface area contributed by atoms with Crippen molar-refractivity contribution < 1.29 is 14.3 Å². The molecule has 2 N–H and O–H groups in total. The first-order chi connectivity index (χ1) is 11.8. The van der Waals surface area contributed by atoms with Crippen LogP contribution in [0, 0.1) is 5.92 Å². The third kappa shape index (κ3) is 7.43. The van der Waals surface area contributed by atoms with Crippen molar-refractivity contribution in [1.29, 1.82) is 0 Å². The molecule has 0 atom stereocenters. The molecule has 0 radical (unpaired) electrons. The molecule has 0 saturated carbocycles. The molecule has 5 nitrogen and oxygen atoms in total. The quantitative estimate of drug-likeness (QED) is 0.646. The molecule has 1 heterocycles. The van der Waals surface area contributed by atoms with Crippen molar-refractivity contribution in [2.45, 2.75) is 39.2 Å². The number of hydrogen-bond donors (Lipinski definition) is 2. The van der Waals surface area contributed by atoms with Gasteiger partial charge >= 0.3 is 0 Å². The Bertz CT molecular complexity index is 487. The molecule has 0 unspecified atom stereocenters. The summed E-state index contributed by atoms with van der Waals surface area (Å²) < 4.78 is 10.8. The Morgan fingerprint density at radius 3 is 2.83 bits per heavy atom. The molecule has 0 aromatic heterocycles. The molecule has 5 heteroatoms. The first-order valence-electron chi connectivity index (χ1n) is 9.03. The van der Waals surface area contributed by atoms with E-state index in [1.165, 1.54) is 12.8 Å². The number of anilines is 1. The number of nitrogens with one attached hydrogen (secondary N) is 2. The molecule has 134 valence electrons. The predicted molar refractivity (Wildman–Crippen MR) is 96.0 cm³/mol. The van der Waals surface area contributed by atoms with Crippen LogP contribution >= 0.6 is 0 Å². The van der Waals surface area contributed by atoms with Gasteiger partial charge in [-0.2, -0.15) is 0 Å². The molecule has 0 aliphatic carbocycles. The molecule has 1 amide bonds. The second-order valence-electron chi connectivity index (χ2n) is 6.23. The van der Waals surface area contributed by atoms with Crippen molar-refractivity contribution in [1.82, 2.24) is 5.32 Å². The van der Waals surface area contributed by atoms with E-state index >= 15 is 0 Å². The number of carbonyl (C=O) groups excluding carboxylic acids is 1. The van der Waals surface area contributed by atoms with Gasteiger partial charge in [0.05, 0.1) is 19.8 Å². The summed E-state index contributed by atoms with van der Waals surface area (Å²) in [4.78, 5) is 12.1. The molecule has 1 aliphatic heterocycles. The molecule has 1 aromatic rings. The number of carbonyl (C=O) groups is 1. The molecular weight excluding hydrogens is 304 g/mol. The van der Waals surface area contributed by atoms with E-state index < -0.39 is 0 Å². The molecule has 1 aromatic carbocycles. The fourth-order valence-corrected chi connectivity index (χ4v) is 2.92. The molecule has 1 aliphatic rings. The zero-order chi connectivity index (χ0) is 17.0. The van der Waals surface area contributed by atoms with Gasteiger partial charge in [-0.15, -0.1) is 0 Å². The fraction of sp³-hybridized carbons (Fsp3) is 0.632. The Hall–Kier alpha value is -1.43. The maximum absolute atomic E-state index is 12.1. The van der Waals surface area contributed by atoms with E-state index in [-0.39, 0.29) is 5.91 Å². The second kappa shape index (κ2) is 11.2. The van der Waals surface area contributed by atoms with Crippen LogP contribution in [-0.4, -0.2) is 38.8 Å². The van der Waals surface area contributed by atoms with E-state index in [2.05, 4.69) is 10.6 Å². The van der Waals surface area contributed by atoms with Crippen LogP contribution in [0.1, 0.15) is 38.2 Å². The monoisotopic (exact) mass is 334 g/mol. The predicted octanol–water partition coefficient (Wildman–Crippen LogP) is 2.96. The van der Waals surface area contributed by atoms with Gasteiger partial charge in [0.15, 0.2) is 0 Å². The zero-order valence-electron chi connectivity index (χ0n) is 14.7. The number of amides is 1. The minimum atomic E-state index is 0.1000. The van der Waals surface area contributed by atoms with Crippen molar-refractivity contribution in [3.05, 3.63) is 29.8 Å². The Balaban J connectivity index is 1.69. The van der Waals surface area contributed by atoms with Gasteiger partial charge in [0.25, 0.3) is 0 Å². The Labute approximate surface area is 145 Å². The highest BCUT2D eigenvalue weighted by Crippen LogP contribution is 2.18. The minimum absolute atomic E-state index is 0.1000. The van der Waals surface area contributed by atoms with Gasteiger partial charge in [-0.25, -0.2) is 0 Å². The molecule has 24 heavy (non-hydrogen) atoms. The van der Waals surface area contributed by atoms with Crippen LogP contribution in [0.3, 0.4) is 0 Å². The maximum Gasteiger partial charge on any atom is 0.224 e. The van der Waals surface area contributed by atoms with Crippen molar-refractivity contribution in [3.63, 3.8) is 0 Å². The zero-order valence-corrected chi connectivity index (χ0v) is 14.7.